The minimum Gasteiger partial charge on any atom is -0.497 e. The van der Waals surface area contributed by atoms with Crippen molar-refractivity contribution in [3.8, 4) is 11.5 Å². The molecule has 196 valence electrons. The second kappa shape index (κ2) is 12.2. The summed E-state index contributed by atoms with van der Waals surface area (Å²) in [5, 5.41) is 3.34. The van der Waals surface area contributed by atoms with Crippen LogP contribution in [0.2, 0.25) is 0 Å². The van der Waals surface area contributed by atoms with E-state index in [1.807, 2.05) is 18.2 Å². The summed E-state index contributed by atoms with van der Waals surface area (Å²) in [5.41, 5.74) is 1.53. The van der Waals surface area contributed by atoms with Crippen LogP contribution in [0.15, 0.2) is 47.4 Å². The van der Waals surface area contributed by atoms with Gasteiger partial charge in [-0.05, 0) is 69.1 Å². The van der Waals surface area contributed by atoms with Gasteiger partial charge in [0, 0.05) is 30.8 Å². The lowest BCUT2D eigenvalue weighted by atomic mass is 10.00. The molecule has 0 aliphatic carbocycles. The van der Waals surface area contributed by atoms with Gasteiger partial charge in [-0.15, -0.1) is 0 Å². The lowest BCUT2D eigenvalue weighted by Crippen LogP contribution is -2.40. The summed E-state index contributed by atoms with van der Waals surface area (Å²) in [7, 11) is -0.163. The van der Waals surface area contributed by atoms with Crippen LogP contribution in [0.4, 0.5) is 0 Å². The summed E-state index contributed by atoms with van der Waals surface area (Å²) in [4.78, 5) is 15.6. The van der Waals surface area contributed by atoms with Gasteiger partial charge in [0.05, 0.1) is 31.7 Å². The smallest absolute Gasteiger partial charge is 0.243 e. The number of likely N-dealkylation sites (tertiary alicyclic amines) is 1. The fourth-order valence-corrected chi connectivity index (χ4v) is 6.60. The number of hydrogen-bond donors (Lipinski definition) is 1. The van der Waals surface area contributed by atoms with Crippen LogP contribution < -0.4 is 14.8 Å². The zero-order valence-electron chi connectivity index (χ0n) is 21.2. The number of methoxy groups -OCH3 is 2. The van der Waals surface area contributed by atoms with Crippen molar-refractivity contribution in [2.24, 2.45) is 0 Å². The quantitative estimate of drug-likeness (QED) is 0.459. The van der Waals surface area contributed by atoms with Crippen molar-refractivity contribution in [3.63, 3.8) is 0 Å². The van der Waals surface area contributed by atoms with Crippen LogP contribution in [-0.4, -0.2) is 76.9 Å². The Hall–Kier alpha value is -2.46. The van der Waals surface area contributed by atoms with E-state index in [1.54, 1.807) is 38.5 Å². The standard InChI is InChI=1S/C27H37N3O5S/c1-34-22-10-13-27(35-2)24(18-22)25(29-14-4-3-5-15-29)19-28-20-26(31)21-8-11-23(12-9-21)36(32,33)30-16-6-7-17-30/h8-13,18,25,28H,3-7,14-17,19-20H2,1-2H3. The number of sulfonamides is 1. The molecule has 1 atom stereocenters. The average Bonchev–Trinajstić information content (AvgIpc) is 3.47. The highest BCUT2D eigenvalue weighted by Crippen LogP contribution is 2.34. The van der Waals surface area contributed by atoms with Crippen molar-refractivity contribution < 1.29 is 22.7 Å². The van der Waals surface area contributed by atoms with Gasteiger partial charge in [0.15, 0.2) is 5.78 Å². The molecule has 2 aromatic carbocycles. The molecule has 0 aromatic heterocycles. The highest BCUT2D eigenvalue weighted by atomic mass is 32.2. The number of benzene rings is 2. The van der Waals surface area contributed by atoms with E-state index in [1.165, 1.54) is 10.7 Å². The van der Waals surface area contributed by atoms with Crippen LogP contribution >= 0.6 is 0 Å². The van der Waals surface area contributed by atoms with Crippen LogP contribution in [-0.2, 0) is 10.0 Å². The fraction of sp³-hybridized carbons (Fsp3) is 0.519. The zero-order valence-corrected chi connectivity index (χ0v) is 22.1. The Morgan fingerprint density at radius 1 is 0.917 bits per heavy atom. The molecule has 0 radical (unpaired) electrons. The van der Waals surface area contributed by atoms with Crippen molar-refractivity contribution in [1.82, 2.24) is 14.5 Å². The van der Waals surface area contributed by atoms with Gasteiger partial charge in [-0.2, -0.15) is 4.31 Å². The van der Waals surface area contributed by atoms with Gasteiger partial charge < -0.3 is 14.8 Å². The van der Waals surface area contributed by atoms with Crippen molar-refractivity contribution in [2.75, 3.05) is 53.5 Å². The number of Topliss-reactive ketones (excluding diaryl/α,β-unsaturated/α-hetero) is 1. The van der Waals surface area contributed by atoms with Gasteiger partial charge in [0.25, 0.3) is 0 Å². The number of hydrogen-bond acceptors (Lipinski definition) is 7. The van der Waals surface area contributed by atoms with Gasteiger partial charge in [-0.1, -0.05) is 18.6 Å². The maximum atomic E-state index is 12.9. The minimum absolute atomic E-state index is 0.0381. The highest BCUT2D eigenvalue weighted by molar-refractivity contribution is 7.89. The highest BCUT2D eigenvalue weighted by Gasteiger charge is 2.28. The van der Waals surface area contributed by atoms with E-state index in [0.29, 0.717) is 25.2 Å². The Kier molecular flexibility index (Phi) is 9.00. The molecule has 8 nitrogen and oxygen atoms in total. The number of nitrogens with zero attached hydrogens (tertiary/aromatic N) is 2. The normalized spacial score (nSPS) is 18.2. The van der Waals surface area contributed by atoms with E-state index in [-0.39, 0.29) is 23.3 Å². The predicted octanol–water partition coefficient (Wildman–Crippen LogP) is 3.49. The molecule has 1 N–H and O–H groups in total. The molecular formula is C27H37N3O5S. The Morgan fingerprint density at radius 3 is 2.22 bits per heavy atom. The first kappa shape index (κ1) is 26.6. The molecule has 2 fully saturated rings. The second-order valence-electron chi connectivity index (χ2n) is 9.41. The summed E-state index contributed by atoms with van der Waals surface area (Å²) in [6.07, 6.45) is 5.31. The molecular weight excluding hydrogens is 478 g/mol. The van der Waals surface area contributed by atoms with E-state index in [4.69, 9.17) is 9.47 Å². The van der Waals surface area contributed by atoms with Crippen LogP contribution in [0.1, 0.15) is 54.1 Å². The Labute approximate surface area is 214 Å². The molecule has 36 heavy (non-hydrogen) atoms. The molecule has 0 spiro atoms. The monoisotopic (exact) mass is 515 g/mol. The summed E-state index contributed by atoms with van der Waals surface area (Å²) in [5.74, 6) is 1.50. The first-order valence-electron chi connectivity index (χ1n) is 12.7. The van der Waals surface area contributed by atoms with Crippen LogP contribution in [0.5, 0.6) is 11.5 Å². The maximum Gasteiger partial charge on any atom is 0.243 e. The number of ketones is 1. The topological polar surface area (TPSA) is 88.2 Å². The number of nitrogens with one attached hydrogen (secondary N) is 1. The Morgan fingerprint density at radius 2 is 1.58 bits per heavy atom. The summed E-state index contributed by atoms with van der Waals surface area (Å²) >= 11 is 0. The number of carbonyl (C=O) groups excluding carboxylic acids is 1. The van der Waals surface area contributed by atoms with Crippen molar-refractivity contribution in [2.45, 2.75) is 43.0 Å². The molecule has 0 bridgehead atoms. The summed E-state index contributed by atoms with van der Waals surface area (Å²) in [6, 6.07) is 12.2. The molecule has 0 amide bonds. The van der Waals surface area contributed by atoms with Gasteiger partial charge >= 0.3 is 0 Å². The SMILES string of the molecule is COc1ccc(OC)c(C(CNCC(=O)c2ccc(S(=O)(=O)N3CCCC3)cc2)N2CCCCC2)c1. The molecule has 4 rings (SSSR count). The molecule has 2 saturated heterocycles. The largest absolute Gasteiger partial charge is 0.497 e. The molecule has 2 aliphatic rings. The number of piperidine rings is 1. The summed E-state index contributed by atoms with van der Waals surface area (Å²) < 4.78 is 38.1. The molecule has 2 aromatic rings. The Bertz CT molecular complexity index is 1120. The van der Waals surface area contributed by atoms with Crippen molar-refractivity contribution >= 4 is 15.8 Å². The first-order chi connectivity index (χ1) is 17.4. The van der Waals surface area contributed by atoms with E-state index in [9.17, 15) is 13.2 Å². The van der Waals surface area contributed by atoms with Crippen LogP contribution in [0.25, 0.3) is 0 Å². The zero-order chi connectivity index (χ0) is 25.5. The predicted molar refractivity (Wildman–Crippen MR) is 139 cm³/mol. The second-order valence-corrected chi connectivity index (χ2v) is 11.3. The molecule has 2 aliphatic heterocycles. The maximum absolute atomic E-state index is 12.9. The lowest BCUT2D eigenvalue weighted by Gasteiger charge is -2.35. The van der Waals surface area contributed by atoms with Gasteiger partial charge in [-0.3, -0.25) is 9.69 Å². The van der Waals surface area contributed by atoms with Crippen LogP contribution in [0.3, 0.4) is 0 Å². The average molecular weight is 516 g/mol. The minimum atomic E-state index is -3.49. The first-order valence-corrected chi connectivity index (χ1v) is 14.2. The number of rotatable bonds is 11. The third-order valence-corrected chi connectivity index (χ3v) is 9.04. The van der Waals surface area contributed by atoms with Gasteiger partial charge in [-0.25, -0.2) is 8.42 Å². The Balaban J connectivity index is 1.43. The van der Waals surface area contributed by atoms with Crippen molar-refractivity contribution in [1.29, 1.82) is 0 Å². The van der Waals surface area contributed by atoms with E-state index in [0.717, 1.165) is 55.8 Å². The van der Waals surface area contributed by atoms with Crippen molar-refractivity contribution in [3.05, 3.63) is 53.6 Å². The molecule has 9 heteroatoms. The third kappa shape index (κ3) is 6.08. The van der Waals surface area contributed by atoms with E-state index < -0.39 is 10.0 Å². The molecule has 0 saturated carbocycles. The van der Waals surface area contributed by atoms with Gasteiger partial charge in [0.1, 0.15) is 11.5 Å². The van der Waals surface area contributed by atoms with Gasteiger partial charge in [0.2, 0.25) is 10.0 Å². The number of carbonyl (C=O) groups is 1. The molecule has 1 unspecified atom stereocenters. The molecule has 2 heterocycles. The third-order valence-electron chi connectivity index (χ3n) is 7.13. The summed E-state index contributed by atoms with van der Waals surface area (Å²) in [6.45, 7) is 3.85. The van der Waals surface area contributed by atoms with Crippen LogP contribution in [0, 0.1) is 0 Å². The van der Waals surface area contributed by atoms with E-state index >= 15 is 0 Å². The number of ether oxygens (including phenoxy) is 2. The lowest BCUT2D eigenvalue weighted by molar-refractivity contribution is 0.0983. The van der Waals surface area contributed by atoms with E-state index in [2.05, 4.69) is 10.2 Å². The fourth-order valence-electron chi connectivity index (χ4n) is 5.08.